The minimum Gasteiger partial charge on any atom is -0.322 e. The van der Waals surface area contributed by atoms with Gasteiger partial charge in [0.2, 0.25) is 0 Å². The van der Waals surface area contributed by atoms with E-state index < -0.39 is 0 Å². The number of halogens is 1. The van der Waals surface area contributed by atoms with Crippen LogP contribution >= 0.6 is 15.9 Å². The van der Waals surface area contributed by atoms with Gasteiger partial charge in [0.05, 0.1) is 16.6 Å². The third-order valence-electron chi connectivity index (χ3n) is 4.76. The van der Waals surface area contributed by atoms with Crippen LogP contribution in [0, 0.1) is 13.8 Å². The molecule has 0 aliphatic rings. The molecule has 4 aromatic rings. The minimum absolute atomic E-state index is 0.116. The van der Waals surface area contributed by atoms with Crippen molar-refractivity contribution in [2.24, 2.45) is 0 Å². The molecule has 5 nitrogen and oxygen atoms in total. The fraction of sp³-hybridized carbons (Fsp3) is 0.0870. The van der Waals surface area contributed by atoms with E-state index in [-0.39, 0.29) is 11.5 Å². The maximum atomic E-state index is 12.9. The van der Waals surface area contributed by atoms with Crippen LogP contribution in [0.25, 0.3) is 16.6 Å². The molecule has 0 atom stereocenters. The van der Waals surface area contributed by atoms with Crippen LogP contribution in [0.1, 0.15) is 21.7 Å². The average Bonchev–Trinajstić information content (AvgIpc) is 2.71. The highest BCUT2D eigenvalue weighted by Gasteiger charge is 2.11. The quantitative estimate of drug-likeness (QED) is 0.479. The highest BCUT2D eigenvalue weighted by Crippen LogP contribution is 2.20. The number of para-hydroxylation sites is 1. The molecule has 0 aliphatic carbocycles. The SMILES string of the molecule is Cc1ccc(C(=O)Nc2ccc(-n3c(C)nc4ccccc4c3=O)cc2)cc1Br. The van der Waals surface area contributed by atoms with Crippen LogP contribution in [0.3, 0.4) is 0 Å². The molecule has 0 saturated carbocycles. The summed E-state index contributed by atoms with van der Waals surface area (Å²) in [4.78, 5) is 29.9. The van der Waals surface area contributed by atoms with Crippen molar-refractivity contribution < 1.29 is 4.79 Å². The van der Waals surface area contributed by atoms with Gasteiger partial charge in [0.15, 0.2) is 0 Å². The van der Waals surface area contributed by atoms with E-state index in [4.69, 9.17) is 0 Å². The summed E-state index contributed by atoms with van der Waals surface area (Å²) in [5.41, 5.74) is 3.54. The summed E-state index contributed by atoms with van der Waals surface area (Å²) >= 11 is 3.45. The molecule has 6 heteroatoms. The van der Waals surface area contributed by atoms with Gasteiger partial charge < -0.3 is 5.32 Å². The second-order valence-electron chi connectivity index (χ2n) is 6.78. The number of aromatic nitrogens is 2. The van der Waals surface area contributed by atoms with Crippen LogP contribution in [-0.4, -0.2) is 15.5 Å². The van der Waals surface area contributed by atoms with Crippen molar-refractivity contribution in [2.75, 3.05) is 5.32 Å². The number of nitrogens with zero attached hydrogens (tertiary/aromatic N) is 2. The lowest BCUT2D eigenvalue weighted by atomic mass is 10.1. The molecule has 1 amide bonds. The third kappa shape index (κ3) is 3.71. The predicted octanol–water partition coefficient (Wildman–Crippen LogP) is 5.02. The maximum absolute atomic E-state index is 12.9. The second-order valence-corrected chi connectivity index (χ2v) is 7.64. The molecule has 1 heterocycles. The van der Waals surface area contributed by atoms with Gasteiger partial charge in [-0.1, -0.05) is 34.1 Å². The zero-order chi connectivity index (χ0) is 20.5. The van der Waals surface area contributed by atoms with Gasteiger partial charge in [0.1, 0.15) is 5.82 Å². The number of carbonyl (C=O) groups is 1. The fourth-order valence-corrected chi connectivity index (χ4v) is 3.56. The minimum atomic E-state index is -0.195. The number of fused-ring (bicyclic) bond motifs is 1. The van der Waals surface area contributed by atoms with E-state index in [1.807, 2.05) is 31.2 Å². The van der Waals surface area contributed by atoms with Gasteiger partial charge in [-0.2, -0.15) is 0 Å². The molecule has 0 fully saturated rings. The van der Waals surface area contributed by atoms with Crippen molar-refractivity contribution in [1.29, 1.82) is 0 Å². The van der Waals surface area contributed by atoms with E-state index in [0.717, 1.165) is 10.0 Å². The van der Waals surface area contributed by atoms with Gasteiger partial charge in [-0.3, -0.25) is 14.2 Å². The van der Waals surface area contributed by atoms with Gasteiger partial charge in [-0.25, -0.2) is 4.98 Å². The summed E-state index contributed by atoms with van der Waals surface area (Å²) in [7, 11) is 0. The molecule has 1 N–H and O–H groups in total. The van der Waals surface area contributed by atoms with Crippen molar-refractivity contribution in [3.05, 3.63) is 98.5 Å². The Balaban J connectivity index is 1.63. The van der Waals surface area contributed by atoms with Crippen molar-refractivity contribution in [1.82, 2.24) is 9.55 Å². The summed E-state index contributed by atoms with van der Waals surface area (Å²) in [6.07, 6.45) is 0. The highest BCUT2D eigenvalue weighted by atomic mass is 79.9. The molecule has 0 radical (unpaired) electrons. The number of rotatable bonds is 3. The first-order valence-electron chi connectivity index (χ1n) is 9.10. The largest absolute Gasteiger partial charge is 0.322 e. The molecule has 0 spiro atoms. The Morgan fingerprint density at radius 1 is 1.00 bits per heavy atom. The summed E-state index contributed by atoms with van der Waals surface area (Å²) in [5.74, 6) is 0.411. The highest BCUT2D eigenvalue weighted by molar-refractivity contribution is 9.10. The Morgan fingerprint density at radius 3 is 2.45 bits per heavy atom. The number of hydrogen-bond acceptors (Lipinski definition) is 3. The van der Waals surface area contributed by atoms with Gasteiger partial charge in [-0.05, 0) is 67.9 Å². The van der Waals surface area contributed by atoms with E-state index in [2.05, 4.69) is 26.2 Å². The standard InChI is InChI=1S/C23H18BrN3O2/c1-14-7-8-16(13-20(14)24)22(28)26-17-9-11-18(12-10-17)27-15(2)25-21-6-4-3-5-19(21)23(27)29/h3-13H,1-2H3,(H,26,28). The van der Waals surface area contributed by atoms with Crippen LogP contribution in [0.2, 0.25) is 0 Å². The van der Waals surface area contributed by atoms with Crippen LogP contribution in [0.5, 0.6) is 0 Å². The van der Waals surface area contributed by atoms with Crippen LogP contribution < -0.4 is 10.9 Å². The predicted molar refractivity (Wildman–Crippen MR) is 119 cm³/mol. The van der Waals surface area contributed by atoms with Crippen LogP contribution in [-0.2, 0) is 0 Å². The van der Waals surface area contributed by atoms with Gasteiger partial charge in [0, 0.05) is 15.7 Å². The molecule has 29 heavy (non-hydrogen) atoms. The lowest BCUT2D eigenvalue weighted by Crippen LogP contribution is -2.22. The van der Waals surface area contributed by atoms with E-state index in [0.29, 0.717) is 33.7 Å². The fourth-order valence-electron chi connectivity index (χ4n) is 3.18. The number of carbonyl (C=O) groups excluding carboxylic acids is 1. The first-order chi connectivity index (χ1) is 13.9. The number of amides is 1. The van der Waals surface area contributed by atoms with Crippen molar-refractivity contribution in [3.8, 4) is 5.69 Å². The summed E-state index contributed by atoms with van der Waals surface area (Å²) < 4.78 is 2.46. The third-order valence-corrected chi connectivity index (χ3v) is 5.62. The molecule has 0 saturated heterocycles. The monoisotopic (exact) mass is 447 g/mol. The van der Waals surface area contributed by atoms with E-state index in [9.17, 15) is 9.59 Å². The first-order valence-corrected chi connectivity index (χ1v) is 9.90. The smallest absolute Gasteiger partial charge is 0.265 e. The number of aryl methyl sites for hydroxylation is 2. The molecule has 0 bridgehead atoms. The summed E-state index contributed by atoms with van der Waals surface area (Å²) in [5, 5.41) is 3.45. The van der Waals surface area contributed by atoms with E-state index >= 15 is 0 Å². The Hall–Kier alpha value is -3.25. The van der Waals surface area contributed by atoms with Crippen molar-refractivity contribution in [2.45, 2.75) is 13.8 Å². The van der Waals surface area contributed by atoms with Gasteiger partial charge in [0.25, 0.3) is 11.5 Å². The zero-order valence-corrected chi connectivity index (χ0v) is 17.5. The van der Waals surface area contributed by atoms with Crippen LogP contribution in [0.15, 0.2) is 76.0 Å². The number of hydrogen-bond donors (Lipinski definition) is 1. The van der Waals surface area contributed by atoms with Crippen molar-refractivity contribution >= 4 is 38.4 Å². The normalized spacial score (nSPS) is 10.9. The Bertz CT molecular complexity index is 1290. The maximum Gasteiger partial charge on any atom is 0.265 e. The summed E-state index contributed by atoms with van der Waals surface area (Å²) in [6, 6.07) is 19.9. The molecule has 0 aliphatic heterocycles. The number of nitrogens with one attached hydrogen (secondary N) is 1. The zero-order valence-electron chi connectivity index (χ0n) is 15.9. The molecule has 144 valence electrons. The molecule has 3 aromatic carbocycles. The number of benzene rings is 3. The summed E-state index contributed by atoms with van der Waals surface area (Å²) in [6.45, 7) is 3.77. The molecular weight excluding hydrogens is 430 g/mol. The van der Waals surface area contributed by atoms with Gasteiger partial charge in [-0.15, -0.1) is 0 Å². The molecular formula is C23H18BrN3O2. The van der Waals surface area contributed by atoms with E-state index in [1.54, 1.807) is 54.0 Å². The lowest BCUT2D eigenvalue weighted by molar-refractivity contribution is 0.102. The first kappa shape index (κ1) is 19.1. The van der Waals surface area contributed by atoms with Crippen molar-refractivity contribution in [3.63, 3.8) is 0 Å². The Kier molecular flexibility index (Phi) is 5.03. The van der Waals surface area contributed by atoms with Crippen LogP contribution in [0.4, 0.5) is 5.69 Å². The van der Waals surface area contributed by atoms with Gasteiger partial charge >= 0.3 is 0 Å². The molecule has 4 rings (SSSR count). The topological polar surface area (TPSA) is 64.0 Å². The van der Waals surface area contributed by atoms with E-state index in [1.165, 1.54) is 0 Å². The molecule has 1 aromatic heterocycles. The average molecular weight is 448 g/mol. The Labute approximate surface area is 176 Å². The Morgan fingerprint density at radius 2 is 1.72 bits per heavy atom. The second kappa shape index (κ2) is 7.64. The number of anilines is 1. The molecule has 0 unspecified atom stereocenters. The lowest BCUT2D eigenvalue weighted by Gasteiger charge is -2.12.